The Kier molecular flexibility index (Phi) is 13.5. The van der Waals surface area contributed by atoms with E-state index in [0.717, 1.165) is 37.0 Å². The van der Waals surface area contributed by atoms with Crippen LogP contribution in [0.2, 0.25) is 0 Å². The molecule has 3 aromatic carbocycles. The fourth-order valence-electron chi connectivity index (χ4n) is 6.66. The molecule has 292 valence electrons. The molecule has 2 aliphatic heterocycles. The standard InChI is InChI=1S/C39H39FINO13/c1-20(43)50-31(24-6-10-26(40)11-7-24)19-18-30-32(42(37(30)47)28-14-12-27(41)13-15-28)25-8-16-29(17-9-25)54-39-36(53-23(4)46)34(52-22(3)45)33(51-21(2)44)35(55-39)38(48)49-5/h6-17,30-36,39H,18-19H2,1-5H3/t30?,31-,32+,33?,34-,35-,36?,39+/m0/s1. The van der Waals surface area contributed by atoms with Crippen LogP contribution in [-0.4, -0.2) is 73.6 Å². The number of halogens is 2. The highest BCUT2D eigenvalue weighted by Gasteiger charge is 2.56. The second-order valence-corrected chi connectivity index (χ2v) is 14.1. The molecule has 3 aromatic rings. The Morgan fingerprint density at radius 2 is 1.36 bits per heavy atom. The van der Waals surface area contributed by atoms with Crippen molar-refractivity contribution in [3.05, 3.63) is 93.3 Å². The molecule has 55 heavy (non-hydrogen) atoms. The van der Waals surface area contributed by atoms with Crippen molar-refractivity contribution in [2.45, 2.75) is 83.4 Å². The van der Waals surface area contributed by atoms with Gasteiger partial charge in [0, 0.05) is 37.0 Å². The van der Waals surface area contributed by atoms with Crippen molar-refractivity contribution in [3.8, 4) is 5.75 Å². The highest BCUT2D eigenvalue weighted by Crippen LogP contribution is 2.47. The van der Waals surface area contributed by atoms with Crippen molar-refractivity contribution < 1.29 is 66.3 Å². The van der Waals surface area contributed by atoms with Crippen LogP contribution in [0.4, 0.5) is 10.1 Å². The summed E-state index contributed by atoms with van der Waals surface area (Å²) in [4.78, 5) is 76.7. The molecule has 2 aliphatic rings. The molecule has 0 bridgehead atoms. The Balaban J connectivity index is 1.43. The zero-order chi connectivity index (χ0) is 40.0. The molecule has 0 saturated carbocycles. The maximum Gasteiger partial charge on any atom is 0.339 e. The zero-order valence-electron chi connectivity index (χ0n) is 30.5. The summed E-state index contributed by atoms with van der Waals surface area (Å²) >= 11 is 2.17. The minimum Gasteiger partial charge on any atom is -0.467 e. The molecule has 8 atom stereocenters. The van der Waals surface area contributed by atoms with Crippen molar-refractivity contribution in [2.75, 3.05) is 12.0 Å². The van der Waals surface area contributed by atoms with Gasteiger partial charge in [0.25, 0.3) is 0 Å². The van der Waals surface area contributed by atoms with E-state index in [-0.39, 0.29) is 18.1 Å². The van der Waals surface area contributed by atoms with E-state index in [1.807, 2.05) is 24.3 Å². The number of amides is 1. The third-order valence-corrected chi connectivity index (χ3v) is 9.64. The summed E-state index contributed by atoms with van der Waals surface area (Å²) in [6.07, 6.45) is -7.86. The maximum absolute atomic E-state index is 13.8. The summed E-state index contributed by atoms with van der Waals surface area (Å²) in [5, 5.41) is 0. The normalized spacial score (nSPS) is 23.7. The lowest BCUT2D eigenvalue weighted by molar-refractivity contribution is -0.282. The number of carbonyl (C=O) groups is 6. The van der Waals surface area contributed by atoms with Gasteiger partial charge in [-0.1, -0.05) is 24.3 Å². The van der Waals surface area contributed by atoms with Gasteiger partial charge in [-0.15, -0.1) is 0 Å². The number of methoxy groups -OCH3 is 1. The van der Waals surface area contributed by atoms with Crippen molar-refractivity contribution >= 4 is 64.0 Å². The minimum absolute atomic E-state index is 0.139. The molecule has 0 aliphatic carbocycles. The summed E-state index contributed by atoms with van der Waals surface area (Å²) < 4.78 is 53.2. The van der Waals surface area contributed by atoms with E-state index in [9.17, 15) is 33.2 Å². The Hall–Kier alpha value is -5.10. The largest absolute Gasteiger partial charge is 0.467 e. The van der Waals surface area contributed by atoms with E-state index in [4.69, 9.17) is 33.2 Å². The Morgan fingerprint density at radius 1 is 0.782 bits per heavy atom. The lowest BCUT2D eigenvalue weighted by Gasteiger charge is -2.48. The lowest BCUT2D eigenvalue weighted by atomic mass is 9.78. The monoisotopic (exact) mass is 875 g/mol. The predicted octanol–water partition coefficient (Wildman–Crippen LogP) is 5.29. The Morgan fingerprint density at radius 3 is 1.93 bits per heavy atom. The van der Waals surface area contributed by atoms with Gasteiger partial charge in [0.15, 0.2) is 18.3 Å². The first-order valence-corrected chi connectivity index (χ1v) is 18.3. The molecule has 5 rings (SSSR count). The quantitative estimate of drug-likeness (QED) is 0.0941. The van der Waals surface area contributed by atoms with E-state index >= 15 is 0 Å². The maximum atomic E-state index is 13.8. The van der Waals surface area contributed by atoms with Gasteiger partial charge < -0.3 is 38.1 Å². The third-order valence-electron chi connectivity index (χ3n) is 8.92. The van der Waals surface area contributed by atoms with Crippen LogP contribution in [0.15, 0.2) is 72.8 Å². The van der Waals surface area contributed by atoms with Crippen LogP contribution >= 0.6 is 22.6 Å². The summed E-state index contributed by atoms with van der Waals surface area (Å²) in [5.74, 6) is -4.87. The van der Waals surface area contributed by atoms with Crippen LogP contribution in [-0.2, 0) is 57.2 Å². The fourth-order valence-corrected chi connectivity index (χ4v) is 7.02. The Labute approximate surface area is 329 Å². The van der Waals surface area contributed by atoms with Gasteiger partial charge >= 0.3 is 29.8 Å². The van der Waals surface area contributed by atoms with E-state index in [0.29, 0.717) is 17.7 Å². The number of rotatable bonds is 13. The predicted molar refractivity (Wildman–Crippen MR) is 197 cm³/mol. The number of benzene rings is 3. The molecule has 16 heteroatoms. The third kappa shape index (κ3) is 9.96. The lowest BCUT2D eigenvalue weighted by Crippen LogP contribution is -2.64. The highest BCUT2D eigenvalue weighted by molar-refractivity contribution is 14.1. The van der Waals surface area contributed by atoms with E-state index in [1.54, 1.807) is 41.3 Å². The summed E-state index contributed by atoms with van der Waals surface area (Å²) in [7, 11) is 1.08. The molecule has 0 spiro atoms. The molecule has 2 heterocycles. The van der Waals surface area contributed by atoms with Crippen molar-refractivity contribution in [3.63, 3.8) is 0 Å². The number of ether oxygens (including phenoxy) is 7. The van der Waals surface area contributed by atoms with Crippen LogP contribution in [0.5, 0.6) is 5.75 Å². The van der Waals surface area contributed by atoms with Crippen LogP contribution < -0.4 is 9.64 Å². The van der Waals surface area contributed by atoms with Gasteiger partial charge in [-0.2, -0.15) is 0 Å². The molecular weight excluding hydrogens is 836 g/mol. The number of anilines is 1. The second-order valence-electron chi connectivity index (χ2n) is 12.8. The topological polar surface area (TPSA) is 170 Å². The van der Waals surface area contributed by atoms with Gasteiger partial charge in [-0.25, -0.2) is 9.18 Å². The first-order valence-electron chi connectivity index (χ1n) is 17.2. The van der Waals surface area contributed by atoms with Crippen LogP contribution in [0.3, 0.4) is 0 Å². The number of hydrogen-bond donors (Lipinski definition) is 0. The van der Waals surface area contributed by atoms with Gasteiger partial charge in [0.2, 0.25) is 18.3 Å². The number of β-lactam (4-membered cyclic amide) rings is 1. The average molecular weight is 876 g/mol. The van der Waals surface area contributed by atoms with Crippen LogP contribution in [0, 0.1) is 15.3 Å². The van der Waals surface area contributed by atoms with Gasteiger partial charge in [0.05, 0.1) is 19.1 Å². The molecule has 1 amide bonds. The molecule has 14 nitrogen and oxygen atoms in total. The molecule has 2 fully saturated rings. The number of hydrogen-bond acceptors (Lipinski definition) is 13. The average Bonchev–Trinajstić information content (AvgIpc) is 3.13. The number of esters is 5. The molecule has 2 saturated heterocycles. The second kappa shape index (κ2) is 18.0. The van der Waals surface area contributed by atoms with Crippen molar-refractivity contribution in [1.29, 1.82) is 0 Å². The smallest absolute Gasteiger partial charge is 0.339 e. The first-order chi connectivity index (χ1) is 26.2. The number of carbonyl (C=O) groups excluding carboxylic acids is 6. The van der Waals surface area contributed by atoms with E-state index < -0.39 is 84.4 Å². The number of nitrogens with zero attached hydrogens (tertiary/aromatic N) is 1. The van der Waals surface area contributed by atoms with Crippen molar-refractivity contribution in [1.82, 2.24) is 0 Å². The fraction of sp³-hybridized carbons (Fsp3) is 0.385. The summed E-state index contributed by atoms with van der Waals surface area (Å²) in [6, 6.07) is 19.3. The zero-order valence-corrected chi connectivity index (χ0v) is 32.6. The van der Waals surface area contributed by atoms with Crippen LogP contribution in [0.1, 0.15) is 63.8 Å². The SMILES string of the molecule is COC(=O)[C@H]1O[C@@H](Oc2ccc([C@@H]3C(CC[C@H](OC(C)=O)c4ccc(F)cc4)C(=O)N3c3ccc(I)cc3)cc2)C(OC(C)=O)[C@@H](OC(C)=O)C1OC(C)=O. The van der Waals surface area contributed by atoms with Crippen molar-refractivity contribution in [2.24, 2.45) is 5.92 Å². The molecule has 0 N–H and O–H groups in total. The first kappa shape index (κ1) is 41.1. The molecule has 0 radical (unpaired) electrons. The summed E-state index contributed by atoms with van der Waals surface area (Å²) in [5.41, 5.74) is 2.00. The van der Waals surface area contributed by atoms with Gasteiger partial charge in [-0.05, 0) is 95.1 Å². The molecule has 0 aromatic heterocycles. The van der Waals surface area contributed by atoms with Crippen LogP contribution in [0.25, 0.3) is 0 Å². The summed E-state index contributed by atoms with van der Waals surface area (Å²) in [6.45, 7) is 4.55. The minimum atomic E-state index is -1.63. The highest BCUT2D eigenvalue weighted by atomic mass is 127. The van der Waals surface area contributed by atoms with Gasteiger partial charge in [-0.3, -0.25) is 24.0 Å². The molecular formula is C39H39FINO13. The Bertz CT molecular complexity index is 1890. The van der Waals surface area contributed by atoms with E-state index in [2.05, 4.69) is 22.6 Å². The van der Waals surface area contributed by atoms with E-state index in [1.165, 1.54) is 19.1 Å². The molecule has 3 unspecified atom stereocenters. The van der Waals surface area contributed by atoms with Gasteiger partial charge in [0.1, 0.15) is 17.7 Å².